The zero-order chi connectivity index (χ0) is 27.5. The van der Waals surface area contributed by atoms with Crippen LogP contribution in [-0.2, 0) is 6.42 Å². The number of hydrogen-bond donors (Lipinski definition) is 1. The Morgan fingerprint density at radius 3 is 2.45 bits per heavy atom. The molecule has 0 radical (unpaired) electrons. The van der Waals surface area contributed by atoms with E-state index in [0.717, 1.165) is 52.6 Å². The summed E-state index contributed by atoms with van der Waals surface area (Å²) < 4.78 is 15.5. The van der Waals surface area contributed by atoms with Crippen LogP contribution < -0.4 is 10.2 Å². The van der Waals surface area contributed by atoms with Gasteiger partial charge in [-0.25, -0.2) is 23.8 Å². The Morgan fingerprint density at radius 1 is 0.900 bits per heavy atom. The molecular formula is C31H30FN7O. The minimum Gasteiger partial charge on any atom is -0.354 e. The predicted octanol–water partition coefficient (Wildman–Crippen LogP) is 5.60. The molecule has 1 fully saturated rings. The van der Waals surface area contributed by atoms with Gasteiger partial charge >= 0.3 is 6.03 Å². The van der Waals surface area contributed by atoms with Gasteiger partial charge in [0.2, 0.25) is 0 Å². The molecular weight excluding hydrogens is 505 g/mol. The van der Waals surface area contributed by atoms with Crippen LogP contribution in [-0.4, -0.2) is 56.9 Å². The number of urea groups is 1. The highest BCUT2D eigenvalue weighted by Crippen LogP contribution is 2.30. The molecule has 40 heavy (non-hydrogen) atoms. The summed E-state index contributed by atoms with van der Waals surface area (Å²) in [5.41, 5.74) is 4.13. The fourth-order valence-corrected chi connectivity index (χ4v) is 5.14. The van der Waals surface area contributed by atoms with Gasteiger partial charge in [-0.3, -0.25) is 0 Å². The lowest BCUT2D eigenvalue weighted by molar-refractivity contribution is 0.215. The van der Waals surface area contributed by atoms with E-state index in [1.54, 1.807) is 17.0 Å². The van der Waals surface area contributed by atoms with E-state index >= 15 is 0 Å². The van der Waals surface area contributed by atoms with Gasteiger partial charge in [-0.05, 0) is 49.2 Å². The van der Waals surface area contributed by atoms with Crippen molar-refractivity contribution < 1.29 is 9.18 Å². The average Bonchev–Trinajstić information content (AvgIpc) is 3.13. The molecule has 1 N–H and O–H groups in total. The second-order valence-corrected chi connectivity index (χ2v) is 9.93. The largest absolute Gasteiger partial charge is 0.354 e. The number of carbonyl (C=O) groups excluding carboxylic acids is 1. The van der Waals surface area contributed by atoms with E-state index in [4.69, 9.17) is 15.1 Å². The molecule has 2 aromatic heterocycles. The van der Waals surface area contributed by atoms with E-state index in [9.17, 15) is 9.18 Å². The van der Waals surface area contributed by atoms with Crippen LogP contribution in [0.1, 0.15) is 23.5 Å². The summed E-state index contributed by atoms with van der Waals surface area (Å²) in [7, 11) is 0. The second-order valence-electron chi connectivity index (χ2n) is 9.93. The highest BCUT2D eigenvalue weighted by atomic mass is 19.1. The third kappa shape index (κ3) is 5.36. The van der Waals surface area contributed by atoms with Crippen molar-refractivity contribution in [2.24, 2.45) is 0 Å². The van der Waals surface area contributed by atoms with Gasteiger partial charge in [-0.15, -0.1) is 0 Å². The zero-order valence-corrected chi connectivity index (χ0v) is 22.3. The summed E-state index contributed by atoms with van der Waals surface area (Å²) in [6.07, 6.45) is 1.36. The van der Waals surface area contributed by atoms with E-state index in [0.29, 0.717) is 31.7 Å². The summed E-state index contributed by atoms with van der Waals surface area (Å²) in [4.78, 5) is 27.1. The number of nitrogens with zero attached hydrogens (tertiary/aromatic N) is 6. The number of hydrogen-bond acceptors (Lipinski definition) is 5. The summed E-state index contributed by atoms with van der Waals surface area (Å²) in [6.45, 7) is 4.42. The van der Waals surface area contributed by atoms with Crippen molar-refractivity contribution in [3.8, 4) is 5.69 Å². The molecule has 0 spiro atoms. The Labute approximate surface area is 232 Å². The molecule has 5 aromatic rings. The molecule has 0 bridgehead atoms. The van der Waals surface area contributed by atoms with E-state index in [1.807, 2.05) is 60.1 Å². The molecule has 3 aromatic carbocycles. The highest BCUT2D eigenvalue weighted by Gasteiger charge is 2.25. The van der Waals surface area contributed by atoms with E-state index < -0.39 is 0 Å². The second kappa shape index (κ2) is 11.1. The number of anilines is 2. The molecule has 1 saturated heterocycles. The number of amides is 2. The molecule has 8 nitrogen and oxygen atoms in total. The lowest BCUT2D eigenvalue weighted by atomic mass is 10.1. The monoisotopic (exact) mass is 535 g/mol. The van der Waals surface area contributed by atoms with Crippen LogP contribution in [0.5, 0.6) is 0 Å². The first-order valence-electron chi connectivity index (χ1n) is 13.5. The number of fused-ring (bicyclic) bond motifs is 1. The van der Waals surface area contributed by atoms with Crippen LogP contribution in [0, 0.1) is 12.7 Å². The summed E-state index contributed by atoms with van der Waals surface area (Å²) in [6, 6.07) is 25.9. The molecule has 0 saturated carbocycles. The third-order valence-electron chi connectivity index (χ3n) is 7.09. The molecule has 202 valence electrons. The van der Waals surface area contributed by atoms with Gasteiger partial charge in [0, 0.05) is 38.3 Å². The van der Waals surface area contributed by atoms with Crippen LogP contribution >= 0.6 is 0 Å². The number of halogens is 1. The Kier molecular flexibility index (Phi) is 7.09. The van der Waals surface area contributed by atoms with Crippen LogP contribution in [0.15, 0.2) is 84.9 Å². The van der Waals surface area contributed by atoms with Crippen molar-refractivity contribution in [3.05, 3.63) is 108 Å². The summed E-state index contributed by atoms with van der Waals surface area (Å²) >= 11 is 0. The van der Waals surface area contributed by atoms with Gasteiger partial charge < -0.3 is 15.1 Å². The fraction of sp³-hybridized carbons (Fsp3) is 0.226. The first-order valence-corrected chi connectivity index (χ1v) is 13.5. The molecule has 3 heterocycles. The summed E-state index contributed by atoms with van der Waals surface area (Å²) in [5.74, 6) is 1.17. The molecule has 2 amide bonds. The fourth-order valence-electron chi connectivity index (χ4n) is 5.14. The molecule has 9 heteroatoms. The average molecular weight is 536 g/mol. The lowest BCUT2D eigenvalue weighted by Crippen LogP contribution is -2.38. The van der Waals surface area contributed by atoms with Gasteiger partial charge in [-0.2, -0.15) is 5.10 Å². The van der Waals surface area contributed by atoms with E-state index in [1.165, 1.54) is 12.1 Å². The van der Waals surface area contributed by atoms with Crippen molar-refractivity contribution >= 4 is 28.6 Å². The predicted molar refractivity (Wildman–Crippen MR) is 154 cm³/mol. The SMILES string of the molecule is Cc1nn(-c2ccccc2)c2nc(Cc3ccccc3)nc(N3CCCN(C(=O)Nc4cccc(F)c4)CC3)c12. The molecule has 0 atom stereocenters. The Morgan fingerprint density at radius 2 is 1.68 bits per heavy atom. The molecule has 6 rings (SSSR count). The van der Waals surface area contributed by atoms with E-state index in [2.05, 4.69) is 22.3 Å². The van der Waals surface area contributed by atoms with Gasteiger partial charge in [0.1, 0.15) is 17.5 Å². The van der Waals surface area contributed by atoms with Gasteiger partial charge in [-0.1, -0.05) is 54.6 Å². The maximum Gasteiger partial charge on any atom is 0.321 e. The van der Waals surface area contributed by atoms with Crippen LogP contribution in [0.2, 0.25) is 0 Å². The maximum absolute atomic E-state index is 13.6. The number of rotatable bonds is 5. The van der Waals surface area contributed by atoms with Crippen LogP contribution in [0.3, 0.4) is 0 Å². The Balaban J connectivity index is 1.33. The molecule has 1 aliphatic heterocycles. The van der Waals surface area contributed by atoms with Crippen LogP contribution in [0.4, 0.5) is 20.7 Å². The first kappa shape index (κ1) is 25.5. The standard InChI is InChI=1S/C31H30FN7O/c1-22-28-29(37-16-9-17-38(19-18-37)31(40)33-25-13-8-12-24(32)21-25)34-27(20-23-10-4-2-5-11-23)35-30(28)39(36-22)26-14-6-3-7-15-26/h2-8,10-15,21H,9,16-20H2,1H3,(H,33,40). The molecule has 1 aliphatic rings. The number of aromatic nitrogens is 4. The van der Waals surface area contributed by atoms with Crippen LogP contribution in [0.25, 0.3) is 16.7 Å². The van der Waals surface area contributed by atoms with Crippen molar-refractivity contribution in [3.63, 3.8) is 0 Å². The number of nitrogens with one attached hydrogen (secondary N) is 1. The first-order chi connectivity index (χ1) is 19.5. The smallest absolute Gasteiger partial charge is 0.321 e. The minimum absolute atomic E-state index is 0.238. The van der Waals surface area contributed by atoms with Crippen molar-refractivity contribution in [1.29, 1.82) is 0 Å². The minimum atomic E-state index is -0.384. The van der Waals surface area contributed by atoms with Gasteiger partial charge in [0.15, 0.2) is 5.65 Å². The highest BCUT2D eigenvalue weighted by molar-refractivity contribution is 5.91. The van der Waals surface area contributed by atoms with Gasteiger partial charge in [0.25, 0.3) is 0 Å². The summed E-state index contributed by atoms with van der Waals surface area (Å²) in [5, 5.41) is 8.60. The number of carbonyl (C=O) groups is 1. The van der Waals surface area contributed by atoms with Crippen molar-refractivity contribution in [1.82, 2.24) is 24.6 Å². The maximum atomic E-state index is 13.6. The zero-order valence-electron chi connectivity index (χ0n) is 22.3. The Hall–Kier alpha value is -4.79. The quantitative estimate of drug-likeness (QED) is 0.317. The number of para-hydroxylation sites is 1. The normalized spacial score (nSPS) is 13.8. The van der Waals surface area contributed by atoms with Crippen molar-refractivity contribution in [2.75, 3.05) is 36.4 Å². The van der Waals surface area contributed by atoms with E-state index in [-0.39, 0.29) is 11.8 Å². The third-order valence-corrected chi connectivity index (χ3v) is 7.09. The molecule has 0 unspecified atom stereocenters. The number of benzene rings is 3. The van der Waals surface area contributed by atoms with Gasteiger partial charge in [0.05, 0.1) is 16.8 Å². The van der Waals surface area contributed by atoms with Crippen molar-refractivity contribution in [2.45, 2.75) is 19.8 Å². The molecule has 0 aliphatic carbocycles. The lowest BCUT2D eigenvalue weighted by Gasteiger charge is -2.24. The topological polar surface area (TPSA) is 79.2 Å². The number of aryl methyl sites for hydroxylation is 1. The Bertz CT molecular complexity index is 1640.